The summed E-state index contributed by atoms with van der Waals surface area (Å²) in [5, 5.41) is 0. The average molecular weight is 184 g/mol. The maximum Gasteiger partial charge on any atom is -0.0326 e. The monoisotopic (exact) mass is 184 g/mol. The molecule has 0 aromatic rings. The first-order valence-electron chi connectivity index (χ1n) is 5.99. The Hall–Kier alpha value is 0. The molecule has 0 radical (unpaired) electrons. The van der Waals surface area contributed by atoms with Gasteiger partial charge in [-0.05, 0) is 17.3 Å². The van der Waals surface area contributed by atoms with Gasteiger partial charge in [-0.1, -0.05) is 67.2 Å². The molecule has 0 aliphatic carbocycles. The van der Waals surface area contributed by atoms with Gasteiger partial charge in [0.2, 0.25) is 0 Å². The molecular weight excluding hydrogens is 156 g/mol. The Labute approximate surface area is 85.1 Å². The van der Waals surface area contributed by atoms with Gasteiger partial charge < -0.3 is 0 Å². The van der Waals surface area contributed by atoms with Crippen LogP contribution in [0.25, 0.3) is 0 Å². The third kappa shape index (κ3) is 3.70. The highest BCUT2D eigenvalue weighted by molar-refractivity contribution is 4.79. The van der Waals surface area contributed by atoms with Crippen LogP contribution in [0.3, 0.4) is 0 Å². The molecule has 0 aliphatic rings. The van der Waals surface area contributed by atoms with E-state index in [-0.39, 0.29) is 0 Å². The van der Waals surface area contributed by atoms with Crippen molar-refractivity contribution >= 4 is 0 Å². The highest BCUT2D eigenvalue weighted by Gasteiger charge is 2.29. The molecule has 13 heavy (non-hydrogen) atoms. The fourth-order valence-corrected chi connectivity index (χ4v) is 2.64. The zero-order valence-corrected chi connectivity index (χ0v) is 10.5. The molecule has 2 unspecified atom stereocenters. The first kappa shape index (κ1) is 13.0. The van der Waals surface area contributed by atoms with Crippen LogP contribution in [0.5, 0.6) is 0 Å². The first-order valence-corrected chi connectivity index (χ1v) is 5.99. The summed E-state index contributed by atoms with van der Waals surface area (Å²) in [6.45, 7) is 14.2. The molecule has 0 rings (SSSR count). The van der Waals surface area contributed by atoms with Crippen LogP contribution >= 0.6 is 0 Å². The van der Waals surface area contributed by atoms with E-state index in [2.05, 4.69) is 41.5 Å². The minimum absolute atomic E-state index is 0.531. The van der Waals surface area contributed by atoms with E-state index in [9.17, 15) is 0 Å². The maximum atomic E-state index is 2.43. The molecule has 0 spiro atoms. The van der Waals surface area contributed by atoms with Crippen molar-refractivity contribution in [3.8, 4) is 0 Å². The Morgan fingerprint density at radius 3 is 1.92 bits per heavy atom. The highest BCUT2D eigenvalue weighted by atomic mass is 14.3. The number of hydrogen-bond acceptors (Lipinski definition) is 0. The van der Waals surface area contributed by atoms with E-state index in [1.807, 2.05) is 0 Å². The van der Waals surface area contributed by atoms with E-state index >= 15 is 0 Å². The Balaban J connectivity index is 4.31. The van der Waals surface area contributed by atoms with E-state index in [1.165, 1.54) is 25.7 Å². The Kier molecular flexibility index (Phi) is 5.67. The minimum Gasteiger partial charge on any atom is -0.0654 e. The van der Waals surface area contributed by atoms with Crippen LogP contribution in [0.1, 0.15) is 67.2 Å². The third-order valence-electron chi connectivity index (χ3n) is 3.79. The summed E-state index contributed by atoms with van der Waals surface area (Å²) in [4.78, 5) is 0. The standard InChI is InChI=1S/C13H28/c1-7-10-11(4)12(8-2)13(5,6)9-3/h11-12H,7-10H2,1-6H3. The molecule has 0 amide bonds. The maximum absolute atomic E-state index is 2.43. The first-order chi connectivity index (χ1) is 5.99. The van der Waals surface area contributed by atoms with Gasteiger partial charge in [-0.25, -0.2) is 0 Å². The molecular formula is C13H28. The summed E-state index contributed by atoms with van der Waals surface area (Å²) in [6, 6.07) is 0. The van der Waals surface area contributed by atoms with Crippen molar-refractivity contribution in [1.82, 2.24) is 0 Å². The molecule has 0 fully saturated rings. The quantitative estimate of drug-likeness (QED) is 0.551. The Morgan fingerprint density at radius 2 is 1.62 bits per heavy atom. The van der Waals surface area contributed by atoms with Crippen molar-refractivity contribution in [1.29, 1.82) is 0 Å². The molecule has 0 bridgehead atoms. The fraction of sp³-hybridized carbons (Fsp3) is 1.00. The normalized spacial score (nSPS) is 17.1. The van der Waals surface area contributed by atoms with Gasteiger partial charge in [-0.15, -0.1) is 0 Å². The van der Waals surface area contributed by atoms with Crippen LogP contribution in [-0.2, 0) is 0 Å². The zero-order valence-electron chi connectivity index (χ0n) is 10.5. The van der Waals surface area contributed by atoms with Crippen LogP contribution in [0.4, 0.5) is 0 Å². The second-order valence-corrected chi connectivity index (χ2v) is 5.12. The van der Waals surface area contributed by atoms with Gasteiger partial charge >= 0.3 is 0 Å². The molecule has 0 N–H and O–H groups in total. The van der Waals surface area contributed by atoms with Gasteiger partial charge in [-0.2, -0.15) is 0 Å². The third-order valence-corrected chi connectivity index (χ3v) is 3.79. The Morgan fingerprint density at radius 1 is 1.08 bits per heavy atom. The zero-order chi connectivity index (χ0) is 10.5. The lowest BCUT2D eigenvalue weighted by Gasteiger charge is -2.37. The Bertz CT molecular complexity index is 124. The van der Waals surface area contributed by atoms with Crippen LogP contribution in [0.2, 0.25) is 0 Å². The molecule has 0 aromatic heterocycles. The average Bonchev–Trinajstić information content (AvgIpc) is 2.05. The van der Waals surface area contributed by atoms with Crippen LogP contribution in [0.15, 0.2) is 0 Å². The second-order valence-electron chi connectivity index (χ2n) is 5.12. The van der Waals surface area contributed by atoms with E-state index < -0.39 is 0 Å². The van der Waals surface area contributed by atoms with Crippen LogP contribution in [0, 0.1) is 17.3 Å². The largest absolute Gasteiger partial charge is 0.0654 e. The lowest BCUT2D eigenvalue weighted by Crippen LogP contribution is -2.28. The topological polar surface area (TPSA) is 0 Å². The van der Waals surface area contributed by atoms with Crippen molar-refractivity contribution in [2.24, 2.45) is 17.3 Å². The minimum atomic E-state index is 0.531. The predicted molar refractivity (Wildman–Crippen MR) is 61.9 cm³/mol. The number of rotatable bonds is 6. The van der Waals surface area contributed by atoms with Gasteiger partial charge in [0.25, 0.3) is 0 Å². The lowest BCUT2D eigenvalue weighted by atomic mass is 9.68. The molecule has 0 heterocycles. The summed E-state index contributed by atoms with van der Waals surface area (Å²) in [5.41, 5.74) is 0.531. The van der Waals surface area contributed by atoms with Crippen LogP contribution < -0.4 is 0 Å². The predicted octanol–water partition coefficient (Wildman–Crippen LogP) is 4.89. The molecule has 0 saturated heterocycles. The summed E-state index contributed by atoms with van der Waals surface area (Å²) >= 11 is 0. The SMILES string of the molecule is CCCC(C)C(CC)C(C)(C)CC. The van der Waals surface area contributed by atoms with E-state index in [4.69, 9.17) is 0 Å². The molecule has 0 heteroatoms. The van der Waals surface area contributed by atoms with E-state index in [0.29, 0.717) is 5.41 Å². The highest BCUT2D eigenvalue weighted by Crippen LogP contribution is 2.39. The molecule has 80 valence electrons. The van der Waals surface area contributed by atoms with Gasteiger partial charge in [0.15, 0.2) is 0 Å². The van der Waals surface area contributed by atoms with E-state index in [0.717, 1.165) is 11.8 Å². The smallest absolute Gasteiger partial charge is 0.0326 e. The van der Waals surface area contributed by atoms with Gasteiger partial charge in [0.1, 0.15) is 0 Å². The van der Waals surface area contributed by atoms with Crippen LogP contribution in [-0.4, -0.2) is 0 Å². The molecule has 0 aromatic carbocycles. The summed E-state index contributed by atoms with van der Waals surface area (Å²) in [6.07, 6.45) is 5.36. The lowest BCUT2D eigenvalue weighted by molar-refractivity contribution is 0.129. The van der Waals surface area contributed by atoms with Gasteiger partial charge in [0.05, 0.1) is 0 Å². The summed E-state index contributed by atoms with van der Waals surface area (Å²) < 4.78 is 0. The summed E-state index contributed by atoms with van der Waals surface area (Å²) in [7, 11) is 0. The van der Waals surface area contributed by atoms with Gasteiger partial charge in [-0.3, -0.25) is 0 Å². The van der Waals surface area contributed by atoms with Crippen molar-refractivity contribution < 1.29 is 0 Å². The summed E-state index contributed by atoms with van der Waals surface area (Å²) in [5.74, 6) is 1.79. The molecule has 2 atom stereocenters. The molecule has 0 nitrogen and oxygen atoms in total. The second kappa shape index (κ2) is 5.67. The van der Waals surface area contributed by atoms with Gasteiger partial charge in [0, 0.05) is 0 Å². The molecule has 0 saturated carbocycles. The number of hydrogen-bond donors (Lipinski definition) is 0. The van der Waals surface area contributed by atoms with E-state index in [1.54, 1.807) is 0 Å². The van der Waals surface area contributed by atoms with Crippen molar-refractivity contribution in [3.63, 3.8) is 0 Å². The van der Waals surface area contributed by atoms with Crippen molar-refractivity contribution in [3.05, 3.63) is 0 Å². The fourth-order valence-electron chi connectivity index (χ4n) is 2.64. The van der Waals surface area contributed by atoms with Crippen molar-refractivity contribution in [2.45, 2.75) is 67.2 Å². The van der Waals surface area contributed by atoms with Crippen molar-refractivity contribution in [2.75, 3.05) is 0 Å². The molecule has 0 aliphatic heterocycles.